The van der Waals surface area contributed by atoms with Crippen LogP contribution in [0.3, 0.4) is 0 Å². The summed E-state index contributed by atoms with van der Waals surface area (Å²) in [5.41, 5.74) is 8.70. The van der Waals surface area contributed by atoms with Crippen molar-refractivity contribution >= 4 is 30.5 Å². The first-order chi connectivity index (χ1) is 16.3. The molecular formula is C26H29N5O2Si. The van der Waals surface area contributed by atoms with Gasteiger partial charge in [0.25, 0.3) is 0 Å². The molecule has 2 heterocycles. The van der Waals surface area contributed by atoms with Crippen LogP contribution in [0.15, 0.2) is 55.0 Å². The van der Waals surface area contributed by atoms with E-state index >= 15 is 0 Å². The lowest BCUT2D eigenvalue weighted by molar-refractivity contribution is 0.394. The Bertz CT molecular complexity index is 1360. The van der Waals surface area contributed by atoms with Crippen molar-refractivity contribution in [2.75, 3.05) is 25.7 Å². The van der Waals surface area contributed by atoms with Crippen LogP contribution in [0.1, 0.15) is 0 Å². The van der Waals surface area contributed by atoms with Gasteiger partial charge in [-0.1, -0.05) is 25.6 Å². The summed E-state index contributed by atoms with van der Waals surface area (Å²) in [6, 6.07) is 11.9. The number of methoxy groups -OCH3 is 2. The van der Waals surface area contributed by atoms with Crippen LogP contribution in [0.4, 0.5) is 11.4 Å². The van der Waals surface area contributed by atoms with Gasteiger partial charge in [-0.25, -0.2) is 4.98 Å². The van der Waals surface area contributed by atoms with Crippen molar-refractivity contribution in [1.82, 2.24) is 19.7 Å². The van der Waals surface area contributed by atoms with Crippen LogP contribution >= 0.6 is 0 Å². The van der Waals surface area contributed by atoms with Gasteiger partial charge in [0.05, 0.1) is 49.9 Å². The average Bonchev–Trinajstić information content (AvgIpc) is 3.26. The molecule has 0 fully saturated rings. The third kappa shape index (κ3) is 5.38. The van der Waals surface area contributed by atoms with Crippen molar-refractivity contribution in [2.45, 2.75) is 19.6 Å². The highest BCUT2D eigenvalue weighted by atomic mass is 28.3. The maximum atomic E-state index is 5.51. The smallest absolute Gasteiger partial charge is 0.129 e. The van der Waals surface area contributed by atoms with Gasteiger partial charge >= 0.3 is 0 Å². The van der Waals surface area contributed by atoms with Gasteiger partial charge in [-0.15, -0.1) is 5.54 Å². The molecule has 0 amide bonds. The number of aromatic nitrogens is 4. The van der Waals surface area contributed by atoms with Crippen molar-refractivity contribution < 1.29 is 9.47 Å². The third-order valence-corrected chi connectivity index (χ3v) is 6.11. The number of aryl methyl sites for hydroxylation is 1. The molecule has 0 saturated carbocycles. The van der Waals surface area contributed by atoms with Crippen LogP contribution < -0.4 is 14.4 Å². The fourth-order valence-electron chi connectivity index (χ4n) is 3.52. The fourth-order valence-corrected chi connectivity index (χ4v) is 4.13. The molecule has 0 N–H and O–H groups in total. The van der Waals surface area contributed by atoms with E-state index in [0.717, 1.165) is 45.2 Å². The maximum absolute atomic E-state index is 5.51. The Kier molecular flexibility index (Phi) is 6.57. The Labute approximate surface area is 201 Å². The van der Waals surface area contributed by atoms with E-state index in [2.05, 4.69) is 46.1 Å². The highest BCUT2D eigenvalue weighted by molar-refractivity contribution is 6.83. The van der Waals surface area contributed by atoms with E-state index in [9.17, 15) is 0 Å². The minimum absolute atomic E-state index is 0.530. The minimum Gasteiger partial charge on any atom is -0.497 e. The predicted octanol–water partition coefficient (Wildman–Crippen LogP) is 5.07. The number of hydrogen-bond donors (Lipinski definition) is 0. The van der Waals surface area contributed by atoms with Gasteiger partial charge in [-0.2, -0.15) is 5.10 Å². The standard InChI is InChI=1S/C26H29N5O2Si/c1-30-18-19(16-28-30)26-17-27-24-9-8-20(14-25(24)29-26)31(10-7-11-34(4,5)6)21-12-22(32-2)15-23(13-21)33-3/h8-9,12-18H,10H2,1-6H3. The van der Waals surface area contributed by atoms with Gasteiger partial charge in [0.1, 0.15) is 19.6 Å². The van der Waals surface area contributed by atoms with Crippen molar-refractivity contribution in [2.24, 2.45) is 7.05 Å². The molecule has 4 aromatic rings. The molecule has 0 atom stereocenters. The Hall–Kier alpha value is -3.83. The van der Waals surface area contributed by atoms with E-state index in [1.165, 1.54) is 0 Å². The first kappa shape index (κ1) is 23.3. The molecule has 0 saturated heterocycles. The molecule has 7 nitrogen and oxygen atoms in total. The van der Waals surface area contributed by atoms with Crippen LogP contribution in [0.2, 0.25) is 19.6 Å². The van der Waals surface area contributed by atoms with Crippen LogP contribution in [0.5, 0.6) is 11.5 Å². The van der Waals surface area contributed by atoms with Gasteiger partial charge in [-0.3, -0.25) is 9.67 Å². The first-order valence-electron chi connectivity index (χ1n) is 11.0. The van der Waals surface area contributed by atoms with Crippen LogP contribution in [-0.2, 0) is 7.05 Å². The molecule has 0 aliphatic rings. The van der Waals surface area contributed by atoms with Gasteiger partial charge in [-0.05, 0) is 18.2 Å². The quantitative estimate of drug-likeness (QED) is 0.289. The Morgan fingerprint density at radius 2 is 1.68 bits per heavy atom. The number of rotatable bonds is 6. The van der Waals surface area contributed by atoms with Gasteiger partial charge in [0.2, 0.25) is 0 Å². The number of benzene rings is 2. The Balaban J connectivity index is 1.81. The molecule has 0 radical (unpaired) electrons. The van der Waals surface area contributed by atoms with Crippen molar-refractivity contribution in [1.29, 1.82) is 0 Å². The fraction of sp³-hybridized carbons (Fsp3) is 0.269. The molecule has 174 valence electrons. The lowest BCUT2D eigenvalue weighted by Crippen LogP contribution is -2.20. The second kappa shape index (κ2) is 9.57. The van der Waals surface area contributed by atoms with E-state index < -0.39 is 8.07 Å². The number of ether oxygens (including phenoxy) is 2. The lowest BCUT2D eigenvalue weighted by atomic mass is 10.2. The molecule has 34 heavy (non-hydrogen) atoms. The Morgan fingerprint density at radius 3 is 2.29 bits per heavy atom. The number of anilines is 2. The van der Waals surface area contributed by atoms with E-state index in [1.807, 2.05) is 49.6 Å². The first-order valence-corrected chi connectivity index (χ1v) is 14.5. The highest BCUT2D eigenvalue weighted by Gasteiger charge is 2.15. The van der Waals surface area contributed by atoms with Gasteiger partial charge < -0.3 is 14.4 Å². The third-order valence-electron chi connectivity index (χ3n) is 5.19. The largest absolute Gasteiger partial charge is 0.497 e. The average molecular weight is 472 g/mol. The molecule has 8 heteroatoms. The van der Waals surface area contributed by atoms with E-state index in [0.29, 0.717) is 6.54 Å². The molecule has 0 aliphatic heterocycles. The zero-order valence-electron chi connectivity index (χ0n) is 20.5. The van der Waals surface area contributed by atoms with Crippen molar-refractivity contribution in [3.63, 3.8) is 0 Å². The molecule has 0 spiro atoms. The summed E-state index contributed by atoms with van der Waals surface area (Å²) < 4.78 is 12.8. The minimum atomic E-state index is -1.52. The molecule has 0 unspecified atom stereocenters. The predicted molar refractivity (Wildman–Crippen MR) is 139 cm³/mol. The molecule has 0 bridgehead atoms. The number of hydrogen-bond acceptors (Lipinski definition) is 6. The summed E-state index contributed by atoms with van der Waals surface area (Å²) in [6.07, 6.45) is 5.50. The molecular weight excluding hydrogens is 442 g/mol. The van der Waals surface area contributed by atoms with E-state index in [1.54, 1.807) is 31.3 Å². The molecule has 0 aliphatic carbocycles. The second-order valence-corrected chi connectivity index (χ2v) is 13.8. The summed E-state index contributed by atoms with van der Waals surface area (Å²) in [4.78, 5) is 11.6. The van der Waals surface area contributed by atoms with E-state index in [-0.39, 0.29) is 0 Å². The zero-order chi connectivity index (χ0) is 24.3. The summed E-state index contributed by atoms with van der Waals surface area (Å²) in [5, 5.41) is 4.25. The molecule has 2 aromatic carbocycles. The molecule has 2 aromatic heterocycles. The monoisotopic (exact) mass is 471 g/mol. The van der Waals surface area contributed by atoms with Gasteiger partial charge in [0, 0.05) is 48.4 Å². The highest BCUT2D eigenvalue weighted by Crippen LogP contribution is 2.34. The maximum Gasteiger partial charge on any atom is 0.129 e. The zero-order valence-corrected chi connectivity index (χ0v) is 21.5. The molecule has 4 rings (SSSR count). The number of nitrogens with zero attached hydrogens (tertiary/aromatic N) is 5. The summed E-state index contributed by atoms with van der Waals surface area (Å²) in [7, 11) is 3.68. The lowest BCUT2D eigenvalue weighted by Gasteiger charge is -2.24. The van der Waals surface area contributed by atoms with Crippen LogP contribution in [0, 0.1) is 11.5 Å². The topological polar surface area (TPSA) is 65.3 Å². The van der Waals surface area contributed by atoms with Gasteiger partial charge in [0.15, 0.2) is 0 Å². The summed E-state index contributed by atoms with van der Waals surface area (Å²) in [6.45, 7) is 7.25. The van der Waals surface area contributed by atoms with Crippen molar-refractivity contribution in [3.8, 4) is 34.2 Å². The number of fused-ring (bicyclic) bond motifs is 1. The van der Waals surface area contributed by atoms with Crippen molar-refractivity contribution in [3.05, 3.63) is 55.0 Å². The van der Waals surface area contributed by atoms with E-state index in [4.69, 9.17) is 14.5 Å². The SMILES string of the molecule is COc1cc(OC)cc(N(CC#C[Si](C)(C)C)c2ccc3ncc(-c4cnn(C)c4)nc3c2)c1. The normalized spacial score (nSPS) is 11.1. The second-order valence-electron chi connectivity index (χ2n) is 9.04. The summed E-state index contributed by atoms with van der Waals surface area (Å²) in [5.74, 6) is 4.83. The summed E-state index contributed by atoms with van der Waals surface area (Å²) >= 11 is 0. The van der Waals surface area contributed by atoms with Crippen LogP contribution in [-0.4, -0.2) is 48.6 Å². The Morgan fingerprint density at radius 1 is 0.941 bits per heavy atom. The van der Waals surface area contributed by atoms with Crippen LogP contribution in [0.25, 0.3) is 22.3 Å².